The van der Waals surface area contributed by atoms with E-state index >= 15 is 0 Å². The third-order valence-electron chi connectivity index (χ3n) is 6.06. The van der Waals surface area contributed by atoms with Gasteiger partial charge in [-0.25, -0.2) is 4.79 Å². The van der Waals surface area contributed by atoms with Crippen molar-refractivity contribution >= 4 is 17.6 Å². The van der Waals surface area contributed by atoms with Crippen LogP contribution in [0.3, 0.4) is 0 Å². The molecule has 1 aromatic carbocycles. The van der Waals surface area contributed by atoms with Gasteiger partial charge in [-0.05, 0) is 36.0 Å². The van der Waals surface area contributed by atoms with Crippen molar-refractivity contribution in [1.82, 2.24) is 4.57 Å². The Labute approximate surface area is 181 Å². The molecule has 1 unspecified atom stereocenters. The number of carboxylic acids is 1. The monoisotopic (exact) mass is 433 g/mol. The molecule has 1 N–H and O–H groups in total. The van der Waals surface area contributed by atoms with E-state index in [1.807, 2.05) is 16.7 Å². The lowest BCUT2D eigenvalue weighted by Crippen LogP contribution is -2.34. The molecule has 0 fully saturated rings. The van der Waals surface area contributed by atoms with Crippen LogP contribution in [0.15, 0.2) is 29.2 Å². The standard InChI is InChI=1S/C23H28ClNO5/c1-5-23(2,3)21-10-14-9-20(30-8-6-7-29-4)17(24)11-15(14)18-12-19(26)16(22(27)28)13-25(18)21/h9,11-13,21H,5-8,10H2,1-4H3,(H,27,28). The van der Waals surface area contributed by atoms with Crippen molar-refractivity contribution in [3.8, 4) is 17.0 Å². The van der Waals surface area contributed by atoms with Gasteiger partial charge in [-0.1, -0.05) is 32.4 Å². The first kappa shape index (κ1) is 22.4. The van der Waals surface area contributed by atoms with Gasteiger partial charge >= 0.3 is 5.97 Å². The Morgan fingerprint density at radius 2 is 2.03 bits per heavy atom. The smallest absolute Gasteiger partial charge is 0.341 e. The van der Waals surface area contributed by atoms with Crippen LogP contribution < -0.4 is 10.2 Å². The Hall–Kier alpha value is -2.31. The molecule has 0 aliphatic carbocycles. The predicted octanol–water partition coefficient (Wildman–Crippen LogP) is 4.82. The zero-order valence-corrected chi connectivity index (χ0v) is 18.6. The van der Waals surface area contributed by atoms with Gasteiger partial charge in [-0.2, -0.15) is 0 Å². The number of fused-ring (bicyclic) bond motifs is 3. The summed E-state index contributed by atoms with van der Waals surface area (Å²) in [6.07, 6.45) is 3.82. The number of hydrogen-bond acceptors (Lipinski definition) is 4. The van der Waals surface area contributed by atoms with Gasteiger partial charge in [0.25, 0.3) is 0 Å². The van der Waals surface area contributed by atoms with Crippen LogP contribution >= 0.6 is 11.6 Å². The fourth-order valence-corrected chi connectivity index (χ4v) is 4.10. The number of rotatable bonds is 8. The lowest BCUT2D eigenvalue weighted by atomic mass is 9.75. The van der Waals surface area contributed by atoms with Crippen LogP contribution in [0, 0.1) is 5.41 Å². The molecule has 0 bridgehead atoms. The van der Waals surface area contributed by atoms with Crippen LogP contribution in [-0.4, -0.2) is 36.0 Å². The van der Waals surface area contributed by atoms with Crippen molar-refractivity contribution in [3.05, 3.63) is 50.8 Å². The summed E-state index contributed by atoms with van der Waals surface area (Å²) >= 11 is 6.48. The second-order valence-corrected chi connectivity index (χ2v) is 8.75. The molecule has 1 aliphatic heterocycles. The summed E-state index contributed by atoms with van der Waals surface area (Å²) in [4.78, 5) is 24.0. The molecule has 0 amide bonds. The van der Waals surface area contributed by atoms with Crippen molar-refractivity contribution in [1.29, 1.82) is 0 Å². The van der Waals surface area contributed by atoms with Crippen molar-refractivity contribution < 1.29 is 19.4 Å². The SMILES string of the molecule is CCC(C)(C)C1Cc2cc(OCCCOC)c(Cl)cc2-c2cc(=O)c(C(=O)O)cn21. The summed E-state index contributed by atoms with van der Waals surface area (Å²) in [5, 5.41) is 9.91. The normalized spacial score (nSPS) is 15.4. The quantitative estimate of drug-likeness (QED) is 0.604. The van der Waals surface area contributed by atoms with Crippen molar-refractivity contribution in [2.75, 3.05) is 20.3 Å². The summed E-state index contributed by atoms with van der Waals surface area (Å²) in [6.45, 7) is 7.53. The van der Waals surface area contributed by atoms with Crippen molar-refractivity contribution in [3.63, 3.8) is 0 Å². The predicted molar refractivity (Wildman–Crippen MR) is 117 cm³/mol. The summed E-state index contributed by atoms with van der Waals surface area (Å²) in [5.74, 6) is -0.607. The zero-order valence-electron chi connectivity index (χ0n) is 17.8. The van der Waals surface area contributed by atoms with Gasteiger partial charge in [0.15, 0.2) is 5.43 Å². The van der Waals surface area contributed by atoms with Gasteiger partial charge in [0.2, 0.25) is 0 Å². The maximum atomic E-state index is 12.5. The Kier molecular flexibility index (Phi) is 6.58. The van der Waals surface area contributed by atoms with Gasteiger partial charge in [-0.15, -0.1) is 0 Å². The van der Waals surface area contributed by atoms with Crippen LogP contribution in [0.1, 0.15) is 55.6 Å². The Morgan fingerprint density at radius 3 is 2.67 bits per heavy atom. The Balaban J connectivity index is 2.12. The van der Waals surface area contributed by atoms with E-state index in [1.165, 1.54) is 12.3 Å². The first-order valence-corrected chi connectivity index (χ1v) is 10.5. The van der Waals surface area contributed by atoms with Crippen LogP contribution in [0.4, 0.5) is 0 Å². The number of pyridine rings is 1. The summed E-state index contributed by atoms with van der Waals surface area (Å²) in [5.41, 5.74) is 1.72. The number of aromatic nitrogens is 1. The van der Waals surface area contributed by atoms with Crippen molar-refractivity contribution in [2.24, 2.45) is 5.41 Å². The Morgan fingerprint density at radius 1 is 1.30 bits per heavy atom. The second kappa shape index (κ2) is 8.82. The molecule has 0 saturated carbocycles. The molecule has 30 heavy (non-hydrogen) atoms. The number of nitrogens with zero attached hydrogens (tertiary/aromatic N) is 1. The lowest BCUT2D eigenvalue weighted by Gasteiger charge is -2.40. The number of halogens is 1. The topological polar surface area (TPSA) is 77.8 Å². The molecule has 0 saturated heterocycles. The van der Waals surface area contributed by atoms with E-state index in [4.69, 9.17) is 21.1 Å². The number of methoxy groups -OCH3 is 1. The molecular formula is C23H28ClNO5. The highest BCUT2D eigenvalue weighted by molar-refractivity contribution is 6.32. The highest BCUT2D eigenvalue weighted by Gasteiger charge is 2.35. The molecule has 7 heteroatoms. The van der Waals surface area contributed by atoms with Gasteiger partial charge in [0.1, 0.15) is 11.3 Å². The number of hydrogen-bond donors (Lipinski definition) is 1. The van der Waals surface area contributed by atoms with E-state index < -0.39 is 11.4 Å². The van der Waals surface area contributed by atoms with E-state index in [0.717, 1.165) is 24.0 Å². The highest BCUT2D eigenvalue weighted by atomic mass is 35.5. The molecule has 1 aliphatic rings. The van der Waals surface area contributed by atoms with Crippen molar-refractivity contribution in [2.45, 2.75) is 46.1 Å². The second-order valence-electron chi connectivity index (χ2n) is 8.35. The average molecular weight is 434 g/mol. The van der Waals surface area contributed by atoms with Gasteiger partial charge in [0.05, 0.1) is 17.3 Å². The minimum atomic E-state index is -1.22. The molecule has 1 aromatic heterocycles. The molecule has 6 nitrogen and oxygen atoms in total. The van der Waals surface area contributed by atoms with Crippen LogP contribution in [-0.2, 0) is 11.2 Å². The molecule has 2 heterocycles. The largest absolute Gasteiger partial charge is 0.492 e. The lowest BCUT2D eigenvalue weighted by molar-refractivity contribution is 0.0693. The molecule has 3 rings (SSSR count). The number of ether oxygens (including phenoxy) is 2. The van der Waals surface area contributed by atoms with E-state index in [9.17, 15) is 14.7 Å². The number of aromatic carboxylic acids is 1. The molecule has 0 spiro atoms. The molecule has 1 atom stereocenters. The third kappa shape index (κ3) is 4.25. The van der Waals surface area contributed by atoms with Crippen LogP contribution in [0.5, 0.6) is 5.75 Å². The summed E-state index contributed by atoms with van der Waals surface area (Å²) < 4.78 is 12.8. The zero-order chi connectivity index (χ0) is 22.1. The first-order chi connectivity index (χ1) is 14.2. The fraction of sp³-hybridized carbons (Fsp3) is 0.478. The van der Waals surface area contributed by atoms with E-state index in [0.29, 0.717) is 36.1 Å². The number of carboxylic acid groups (broad SMARTS) is 1. The Bertz CT molecular complexity index is 1010. The number of carbonyl (C=O) groups is 1. The molecule has 2 aromatic rings. The number of benzene rings is 1. The summed E-state index contributed by atoms with van der Waals surface area (Å²) in [7, 11) is 1.65. The average Bonchev–Trinajstić information content (AvgIpc) is 2.70. The fourth-order valence-electron chi connectivity index (χ4n) is 3.88. The first-order valence-electron chi connectivity index (χ1n) is 10.1. The molecular weight excluding hydrogens is 406 g/mol. The third-order valence-corrected chi connectivity index (χ3v) is 6.35. The van der Waals surface area contributed by atoms with E-state index in [2.05, 4.69) is 20.8 Å². The van der Waals surface area contributed by atoms with Gasteiger partial charge in [-0.3, -0.25) is 4.79 Å². The summed E-state index contributed by atoms with van der Waals surface area (Å²) in [6, 6.07) is 5.16. The van der Waals surface area contributed by atoms with E-state index in [-0.39, 0.29) is 17.0 Å². The van der Waals surface area contributed by atoms with Gasteiger partial charge < -0.3 is 19.1 Å². The minimum absolute atomic E-state index is 0.00813. The maximum absolute atomic E-state index is 12.5. The van der Waals surface area contributed by atoms with Crippen LogP contribution in [0.2, 0.25) is 5.02 Å². The molecule has 0 radical (unpaired) electrons. The maximum Gasteiger partial charge on any atom is 0.341 e. The minimum Gasteiger partial charge on any atom is -0.492 e. The van der Waals surface area contributed by atoms with E-state index in [1.54, 1.807) is 7.11 Å². The molecule has 162 valence electrons. The highest BCUT2D eigenvalue weighted by Crippen LogP contribution is 2.46. The van der Waals surface area contributed by atoms with Crippen LogP contribution in [0.25, 0.3) is 11.3 Å². The van der Waals surface area contributed by atoms with Gasteiger partial charge in [0, 0.05) is 44.0 Å².